The van der Waals surface area contributed by atoms with Crippen LogP contribution in [0, 0.1) is 5.82 Å². The van der Waals surface area contributed by atoms with Crippen LogP contribution in [0.15, 0.2) is 36.4 Å². The zero-order valence-corrected chi connectivity index (χ0v) is 17.1. The van der Waals surface area contributed by atoms with Crippen molar-refractivity contribution in [2.24, 2.45) is 0 Å². The highest BCUT2D eigenvalue weighted by molar-refractivity contribution is 6.33. The lowest BCUT2D eigenvalue weighted by molar-refractivity contribution is -0.124. The van der Waals surface area contributed by atoms with Gasteiger partial charge in [0.05, 0.1) is 23.8 Å². The Morgan fingerprint density at radius 1 is 1.03 bits per heavy atom. The number of hydrogen-bond donors (Lipinski definition) is 1. The van der Waals surface area contributed by atoms with E-state index < -0.39 is 24.3 Å². The lowest BCUT2D eigenvalue weighted by Crippen LogP contribution is -2.30. The number of rotatable bonds is 10. The van der Waals surface area contributed by atoms with Crippen molar-refractivity contribution in [1.29, 1.82) is 0 Å². The molecule has 0 aliphatic heterocycles. The van der Waals surface area contributed by atoms with Crippen molar-refractivity contribution in [3.63, 3.8) is 0 Å². The quantitative estimate of drug-likeness (QED) is 0.588. The van der Waals surface area contributed by atoms with Crippen LogP contribution >= 0.6 is 11.6 Å². The lowest BCUT2D eigenvalue weighted by atomic mass is 10.1. The van der Waals surface area contributed by atoms with Crippen LogP contribution in [0.25, 0.3) is 0 Å². The molecule has 0 aromatic heterocycles. The van der Waals surface area contributed by atoms with E-state index in [2.05, 4.69) is 5.32 Å². The van der Waals surface area contributed by atoms with Gasteiger partial charge in [0.25, 0.3) is 5.91 Å². The maximum Gasteiger partial charge on any atom is 0.340 e. The fraction of sp³-hybridized carbons (Fsp3) is 0.333. The van der Waals surface area contributed by atoms with Crippen LogP contribution in [0.1, 0.15) is 29.8 Å². The first-order valence-electron chi connectivity index (χ1n) is 9.22. The normalized spacial score (nSPS) is 10.3. The number of amides is 1. The molecule has 1 amide bonds. The summed E-state index contributed by atoms with van der Waals surface area (Å²) < 4.78 is 29.0. The SMILES string of the molecule is CCOc1ccc(CCNC(=O)COC(=O)c2ccc(F)cc2Cl)cc1OCC. The third-order valence-electron chi connectivity index (χ3n) is 3.83. The fourth-order valence-corrected chi connectivity index (χ4v) is 2.76. The standard InChI is InChI=1S/C21H23ClFNO5/c1-3-27-18-8-5-14(11-19(18)28-4-2)9-10-24-20(25)13-29-21(26)16-7-6-15(23)12-17(16)22/h5-8,11-12H,3-4,9-10,13H2,1-2H3,(H,24,25). The molecule has 0 atom stereocenters. The second kappa shape index (κ2) is 11.3. The number of carbonyl (C=O) groups excluding carboxylic acids is 2. The molecule has 1 N–H and O–H groups in total. The highest BCUT2D eigenvalue weighted by Gasteiger charge is 2.14. The second-order valence-corrected chi connectivity index (χ2v) is 6.35. The van der Waals surface area contributed by atoms with E-state index in [-0.39, 0.29) is 10.6 Å². The monoisotopic (exact) mass is 423 g/mol. The summed E-state index contributed by atoms with van der Waals surface area (Å²) in [5.74, 6) is -0.478. The van der Waals surface area contributed by atoms with Crippen molar-refractivity contribution in [3.8, 4) is 11.5 Å². The Morgan fingerprint density at radius 2 is 1.76 bits per heavy atom. The number of carbonyl (C=O) groups is 2. The maximum atomic E-state index is 13.0. The van der Waals surface area contributed by atoms with Gasteiger partial charge in [-0.3, -0.25) is 4.79 Å². The van der Waals surface area contributed by atoms with Gasteiger partial charge >= 0.3 is 5.97 Å². The van der Waals surface area contributed by atoms with E-state index in [9.17, 15) is 14.0 Å². The van der Waals surface area contributed by atoms with E-state index in [4.69, 9.17) is 25.8 Å². The maximum absolute atomic E-state index is 13.0. The number of hydrogen-bond acceptors (Lipinski definition) is 5. The van der Waals surface area contributed by atoms with Gasteiger partial charge in [0.1, 0.15) is 5.82 Å². The summed E-state index contributed by atoms with van der Waals surface area (Å²) in [4.78, 5) is 23.8. The van der Waals surface area contributed by atoms with Crippen molar-refractivity contribution >= 4 is 23.5 Å². The van der Waals surface area contributed by atoms with Crippen LogP contribution in [0.2, 0.25) is 5.02 Å². The Hall–Kier alpha value is -2.80. The summed E-state index contributed by atoms with van der Waals surface area (Å²) in [6.07, 6.45) is 0.565. The molecule has 8 heteroatoms. The molecular weight excluding hydrogens is 401 g/mol. The van der Waals surface area contributed by atoms with Gasteiger partial charge in [-0.15, -0.1) is 0 Å². The van der Waals surface area contributed by atoms with E-state index in [1.807, 2.05) is 32.0 Å². The largest absolute Gasteiger partial charge is 0.490 e. The van der Waals surface area contributed by atoms with Gasteiger partial charge in [-0.25, -0.2) is 9.18 Å². The molecule has 0 spiro atoms. The van der Waals surface area contributed by atoms with Gasteiger partial charge in [-0.1, -0.05) is 17.7 Å². The lowest BCUT2D eigenvalue weighted by Gasteiger charge is -2.12. The van der Waals surface area contributed by atoms with Crippen LogP contribution in [0.4, 0.5) is 4.39 Å². The van der Waals surface area contributed by atoms with Crippen LogP contribution in [0.3, 0.4) is 0 Å². The minimum Gasteiger partial charge on any atom is -0.490 e. The first kappa shape index (κ1) is 22.5. The van der Waals surface area contributed by atoms with E-state index in [1.165, 1.54) is 6.07 Å². The Bertz CT molecular complexity index is 859. The molecule has 0 saturated carbocycles. The second-order valence-electron chi connectivity index (χ2n) is 5.95. The van der Waals surface area contributed by atoms with E-state index in [1.54, 1.807) is 0 Å². The first-order valence-corrected chi connectivity index (χ1v) is 9.59. The zero-order chi connectivity index (χ0) is 21.2. The molecule has 0 aliphatic rings. The Balaban J connectivity index is 1.80. The predicted molar refractivity (Wildman–Crippen MR) is 107 cm³/mol. The number of esters is 1. The van der Waals surface area contributed by atoms with E-state index in [0.29, 0.717) is 37.7 Å². The van der Waals surface area contributed by atoms with Gasteiger partial charge in [0, 0.05) is 6.54 Å². The van der Waals surface area contributed by atoms with E-state index >= 15 is 0 Å². The predicted octanol–water partition coefficient (Wildman–Crippen LogP) is 3.79. The van der Waals surface area contributed by atoms with Gasteiger partial charge < -0.3 is 19.5 Å². The smallest absolute Gasteiger partial charge is 0.340 e. The molecule has 2 rings (SSSR count). The molecule has 0 bridgehead atoms. The van der Waals surface area contributed by atoms with Gasteiger partial charge in [-0.05, 0) is 56.2 Å². The summed E-state index contributed by atoms with van der Waals surface area (Å²) >= 11 is 5.80. The van der Waals surface area contributed by atoms with Crippen molar-refractivity contribution in [1.82, 2.24) is 5.32 Å². The highest BCUT2D eigenvalue weighted by Crippen LogP contribution is 2.28. The minimum absolute atomic E-state index is 0.00120. The van der Waals surface area contributed by atoms with Gasteiger partial charge in [0.15, 0.2) is 18.1 Å². The third kappa shape index (κ3) is 6.94. The van der Waals surface area contributed by atoms with E-state index in [0.717, 1.165) is 17.7 Å². The number of ether oxygens (including phenoxy) is 3. The number of nitrogens with one attached hydrogen (secondary N) is 1. The minimum atomic E-state index is -0.794. The summed E-state index contributed by atoms with van der Waals surface area (Å²) in [5, 5.41) is 2.60. The molecule has 0 heterocycles. The summed E-state index contributed by atoms with van der Waals surface area (Å²) in [6.45, 7) is 4.74. The molecule has 0 saturated heterocycles. The number of benzene rings is 2. The molecule has 156 valence electrons. The topological polar surface area (TPSA) is 73.9 Å². The Kier molecular flexibility index (Phi) is 8.73. The third-order valence-corrected chi connectivity index (χ3v) is 4.14. The molecular formula is C21H23ClFNO5. The first-order chi connectivity index (χ1) is 13.9. The van der Waals surface area contributed by atoms with Gasteiger partial charge in [0.2, 0.25) is 0 Å². The summed E-state index contributed by atoms with van der Waals surface area (Å²) in [7, 11) is 0. The number of halogens is 2. The Morgan fingerprint density at radius 3 is 2.45 bits per heavy atom. The van der Waals surface area contributed by atoms with Crippen LogP contribution in [-0.4, -0.2) is 38.2 Å². The molecule has 2 aromatic carbocycles. The average Bonchev–Trinajstić information content (AvgIpc) is 2.68. The van der Waals surface area contributed by atoms with Crippen LogP contribution in [-0.2, 0) is 16.0 Å². The summed E-state index contributed by atoms with van der Waals surface area (Å²) in [5.41, 5.74) is 0.964. The van der Waals surface area contributed by atoms with Crippen molar-refractivity contribution in [2.75, 3.05) is 26.4 Å². The molecule has 0 radical (unpaired) electrons. The fourth-order valence-electron chi connectivity index (χ4n) is 2.51. The highest BCUT2D eigenvalue weighted by atomic mass is 35.5. The molecule has 0 unspecified atom stereocenters. The molecule has 29 heavy (non-hydrogen) atoms. The molecule has 0 aliphatic carbocycles. The van der Waals surface area contributed by atoms with Crippen molar-refractivity contribution < 1.29 is 28.2 Å². The summed E-state index contributed by atoms with van der Waals surface area (Å²) in [6, 6.07) is 8.91. The van der Waals surface area contributed by atoms with Crippen molar-refractivity contribution in [3.05, 3.63) is 58.4 Å². The van der Waals surface area contributed by atoms with Crippen LogP contribution < -0.4 is 14.8 Å². The zero-order valence-electron chi connectivity index (χ0n) is 16.3. The van der Waals surface area contributed by atoms with Crippen molar-refractivity contribution in [2.45, 2.75) is 20.3 Å². The molecule has 6 nitrogen and oxygen atoms in total. The van der Waals surface area contributed by atoms with Crippen LogP contribution in [0.5, 0.6) is 11.5 Å². The van der Waals surface area contributed by atoms with Gasteiger partial charge in [-0.2, -0.15) is 0 Å². The molecule has 0 fully saturated rings. The average molecular weight is 424 g/mol. The Labute approximate surface area is 173 Å². The molecule has 2 aromatic rings.